The van der Waals surface area contributed by atoms with Gasteiger partial charge in [0, 0.05) is 4.47 Å². The summed E-state index contributed by atoms with van der Waals surface area (Å²) in [7, 11) is 0. The molecule has 0 aromatic heterocycles. The van der Waals surface area contributed by atoms with Crippen LogP contribution in [-0.4, -0.2) is 0 Å². The van der Waals surface area contributed by atoms with Crippen LogP contribution in [0.15, 0.2) is 28.2 Å². The summed E-state index contributed by atoms with van der Waals surface area (Å²) < 4.78 is 38.1. The van der Waals surface area contributed by atoms with Crippen LogP contribution in [-0.2, 0) is 6.18 Å². The molecule has 0 aliphatic carbocycles. The van der Waals surface area contributed by atoms with E-state index in [0.717, 1.165) is 6.07 Å². The summed E-state index contributed by atoms with van der Waals surface area (Å²) in [5.41, 5.74) is 5.44. The maximum absolute atomic E-state index is 12.7. The molecule has 0 aliphatic rings. The Bertz CT molecular complexity index is 527. The molecule has 6 heteroatoms. The Morgan fingerprint density at radius 1 is 1.44 bits per heavy atom. The first-order chi connectivity index (χ1) is 8.31. The number of hydrogen-bond donors (Lipinski definition) is 1. The molecule has 0 heterocycles. The van der Waals surface area contributed by atoms with Gasteiger partial charge in [-0.15, -0.1) is 0 Å². The van der Waals surface area contributed by atoms with Crippen LogP contribution in [0, 0.1) is 11.3 Å². The first-order valence-electron chi connectivity index (χ1n) is 5.07. The Morgan fingerprint density at radius 2 is 2.06 bits per heavy atom. The van der Waals surface area contributed by atoms with Crippen LogP contribution in [0.25, 0.3) is 5.70 Å². The average Bonchev–Trinajstić information content (AvgIpc) is 2.29. The molecule has 0 saturated carbocycles. The molecule has 0 atom stereocenters. The second-order valence-electron chi connectivity index (χ2n) is 3.55. The number of nitriles is 1. The first kappa shape index (κ1) is 14.6. The standard InChI is InChI=1S/C12H10BrF3N2/c1-2-7(6-17)11(18)8-3-4-10(13)9(5-8)12(14,15)16/h3-5H,2,18H2,1H3/b11-7-. The van der Waals surface area contributed by atoms with Gasteiger partial charge in [-0.1, -0.05) is 28.9 Å². The van der Waals surface area contributed by atoms with Crippen molar-refractivity contribution in [3.63, 3.8) is 0 Å². The summed E-state index contributed by atoms with van der Waals surface area (Å²) >= 11 is 2.84. The predicted octanol–water partition coefficient (Wildman–Crippen LogP) is 4.07. The number of hydrogen-bond acceptors (Lipinski definition) is 2. The van der Waals surface area contributed by atoms with Crippen molar-refractivity contribution in [2.75, 3.05) is 0 Å². The highest BCUT2D eigenvalue weighted by atomic mass is 79.9. The normalized spacial score (nSPS) is 12.9. The molecule has 2 N–H and O–H groups in total. The molecule has 0 spiro atoms. The summed E-state index contributed by atoms with van der Waals surface area (Å²) in [6.45, 7) is 1.72. The predicted molar refractivity (Wildman–Crippen MR) is 66.2 cm³/mol. The Balaban J connectivity index is 3.39. The summed E-state index contributed by atoms with van der Waals surface area (Å²) in [5.74, 6) is 0. The van der Waals surface area contributed by atoms with E-state index >= 15 is 0 Å². The van der Waals surface area contributed by atoms with Gasteiger partial charge in [-0.3, -0.25) is 0 Å². The van der Waals surface area contributed by atoms with Crippen LogP contribution in [0.4, 0.5) is 13.2 Å². The number of halogens is 4. The van der Waals surface area contributed by atoms with Crippen molar-refractivity contribution in [3.8, 4) is 6.07 Å². The second kappa shape index (κ2) is 5.44. The smallest absolute Gasteiger partial charge is 0.397 e. The molecule has 1 rings (SSSR count). The van der Waals surface area contributed by atoms with Crippen molar-refractivity contribution in [2.24, 2.45) is 5.73 Å². The quantitative estimate of drug-likeness (QED) is 0.835. The van der Waals surface area contributed by atoms with Crippen LogP contribution in [0.2, 0.25) is 0 Å². The number of rotatable bonds is 2. The Morgan fingerprint density at radius 3 is 2.50 bits per heavy atom. The summed E-state index contributed by atoms with van der Waals surface area (Å²) in [6.07, 6.45) is -4.09. The lowest BCUT2D eigenvalue weighted by Gasteiger charge is -2.12. The van der Waals surface area contributed by atoms with Crippen molar-refractivity contribution < 1.29 is 13.2 Å². The van der Waals surface area contributed by atoms with Crippen molar-refractivity contribution in [2.45, 2.75) is 19.5 Å². The van der Waals surface area contributed by atoms with Crippen LogP contribution < -0.4 is 5.73 Å². The maximum atomic E-state index is 12.7. The molecule has 0 unspecified atom stereocenters. The number of alkyl halides is 3. The lowest BCUT2D eigenvalue weighted by atomic mass is 10.0. The van der Waals surface area contributed by atoms with Crippen LogP contribution >= 0.6 is 15.9 Å². The Kier molecular flexibility index (Phi) is 4.41. The first-order valence-corrected chi connectivity index (χ1v) is 5.86. The van der Waals surface area contributed by atoms with Gasteiger partial charge >= 0.3 is 6.18 Å². The molecular weight excluding hydrogens is 309 g/mol. The molecular formula is C12H10BrF3N2. The average molecular weight is 319 g/mol. The SMILES string of the molecule is CC/C(C#N)=C(/N)c1ccc(Br)c(C(F)(F)F)c1. The Labute approximate surface area is 111 Å². The third kappa shape index (κ3) is 3.05. The van der Waals surface area contributed by atoms with Gasteiger partial charge in [0.1, 0.15) is 0 Å². The van der Waals surface area contributed by atoms with Gasteiger partial charge in [-0.05, 0) is 24.1 Å². The van der Waals surface area contributed by atoms with E-state index < -0.39 is 11.7 Å². The van der Waals surface area contributed by atoms with Crippen molar-refractivity contribution in [3.05, 3.63) is 39.4 Å². The molecule has 0 aliphatic heterocycles. The number of benzene rings is 1. The van der Waals surface area contributed by atoms with Gasteiger partial charge in [0.25, 0.3) is 0 Å². The van der Waals surface area contributed by atoms with E-state index in [2.05, 4.69) is 15.9 Å². The molecule has 0 amide bonds. The summed E-state index contributed by atoms with van der Waals surface area (Å²) in [6, 6.07) is 5.54. The van der Waals surface area contributed by atoms with E-state index in [-0.39, 0.29) is 21.3 Å². The monoisotopic (exact) mass is 318 g/mol. The molecule has 96 valence electrons. The van der Waals surface area contributed by atoms with Crippen molar-refractivity contribution in [1.82, 2.24) is 0 Å². The Hall–Kier alpha value is -1.48. The minimum Gasteiger partial charge on any atom is -0.397 e. The number of nitrogens with two attached hydrogens (primary N) is 1. The molecule has 2 nitrogen and oxygen atoms in total. The molecule has 0 bridgehead atoms. The minimum atomic E-state index is -4.46. The van der Waals surface area contributed by atoms with E-state index in [0.29, 0.717) is 6.42 Å². The molecule has 18 heavy (non-hydrogen) atoms. The van der Waals surface area contributed by atoms with Crippen molar-refractivity contribution in [1.29, 1.82) is 5.26 Å². The van der Waals surface area contributed by atoms with E-state index in [1.807, 2.05) is 6.07 Å². The fourth-order valence-corrected chi connectivity index (χ4v) is 1.89. The highest BCUT2D eigenvalue weighted by molar-refractivity contribution is 9.10. The molecule has 1 aromatic carbocycles. The number of allylic oxidation sites excluding steroid dienone is 1. The maximum Gasteiger partial charge on any atom is 0.417 e. The van der Waals surface area contributed by atoms with E-state index in [9.17, 15) is 13.2 Å². The van der Waals surface area contributed by atoms with E-state index in [1.165, 1.54) is 12.1 Å². The fraction of sp³-hybridized carbons (Fsp3) is 0.250. The highest BCUT2D eigenvalue weighted by Gasteiger charge is 2.33. The highest BCUT2D eigenvalue weighted by Crippen LogP contribution is 2.36. The fourth-order valence-electron chi connectivity index (χ4n) is 1.41. The number of nitrogens with zero attached hydrogens (tertiary/aromatic N) is 1. The van der Waals surface area contributed by atoms with E-state index in [1.54, 1.807) is 6.92 Å². The third-order valence-electron chi connectivity index (χ3n) is 2.40. The third-order valence-corrected chi connectivity index (χ3v) is 3.09. The molecule has 0 fully saturated rings. The molecule has 1 aromatic rings. The zero-order valence-corrected chi connectivity index (χ0v) is 11.1. The molecule has 0 saturated heterocycles. The van der Waals surface area contributed by atoms with Gasteiger partial charge < -0.3 is 5.73 Å². The van der Waals surface area contributed by atoms with Crippen LogP contribution in [0.3, 0.4) is 0 Å². The van der Waals surface area contributed by atoms with Gasteiger partial charge in [0.2, 0.25) is 0 Å². The molecule has 0 radical (unpaired) electrons. The summed E-state index contributed by atoms with van der Waals surface area (Å²) in [5, 5.41) is 8.82. The van der Waals surface area contributed by atoms with Crippen LogP contribution in [0.1, 0.15) is 24.5 Å². The second-order valence-corrected chi connectivity index (χ2v) is 4.40. The van der Waals surface area contributed by atoms with Gasteiger partial charge in [0.05, 0.1) is 22.9 Å². The van der Waals surface area contributed by atoms with Crippen molar-refractivity contribution >= 4 is 21.6 Å². The van der Waals surface area contributed by atoms with Crippen LogP contribution in [0.5, 0.6) is 0 Å². The zero-order valence-electron chi connectivity index (χ0n) is 9.48. The largest absolute Gasteiger partial charge is 0.417 e. The summed E-state index contributed by atoms with van der Waals surface area (Å²) in [4.78, 5) is 0. The van der Waals surface area contributed by atoms with Gasteiger partial charge in [0.15, 0.2) is 0 Å². The van der Waals surface area contributed by atoms with E-state index in [4.69, 9.17) is 11.0 Å². The topological polar surface area (TPSA) is 49.8 Å². The van der Waals surface area contributed by atoms with Gasteiger partial charge in [-0.25, -0.2) is 0 Å². The minimum absolute atomic E-state index is 0.0541. The lowest BCUT2D eigenvalue weighted by molar-refractivity contribution is -0.138. The lowest BCUT2D eigenvalue weighted by Crippen LogP contribution is -2.08. The van der Waals surface area contributed by atoms with Gasteiger partial charge in [-0.2, -0.15) is 18.4 Å². The zero-order chi connectivity index (χ0) is 13.9.